The number of anilines is 1. The van der Waals surface area contributed by atoms with Crippen molar-refractivity contribution >= 4 is 27.2 Å². The number of nitrogens with one attached hydrogen (secondary N) is 1. The maximum Gasteiger partial charge on any atom is 0.148 e. The number of hydrogen-bond donors (Lipinski definition) is 2. The first-order valence-corrected chi connectivity index (χ1v) is 7.09. The first-order chi connectivity index (χ1) is 9.76. The Morgan fingerprint density at radius 2 is 1.90 bits per heavy atom. The third-order valence-corrected chi connectivity index (χ3v) is 3.90. The molecule has 102 valence electrons. The van der Waals surface area contributed by atoms with E-state index in [2.05, 4.69) is 10.3 Å². The van der Waals surface area contributed by atoms with Crippen molar-refractivity contribution < 1.29 is 9.50 Å². The van der Waals surface area contributed by atoms with Gasteiger partial charge in [-0.2, -0.15) is 0 Å². The Labute approximate surface area is 119 Å². The predicted octanol–water partition coefficient (Wildman–Crippen LogP) is 3.54. The van der Waals surface area contributed by atoms with E-state index in [0.717, 1.165) is 15.8 Å². The molecule has 0 aliphatic carbocycles. The molecule has 0 atom stereocenters. The van der Waals surface area contributed by atoms with E-state index in [1.807, 2.05) is 24.3 Å². The Balaban J connectivity index is 1.76. The van der Waals surface area contributed by atoms with Gasteiger partial charge in [0.2, 0.25) is 0 Å². The highest BCUT2D eigenvalue weighted by molar-refractivity contribution is 7.16. The molecule has 0 spiro atoms. The van der Waals surface area contributed by atoms with Gasteiger partial charge in [0.05, 0.1) is 28.0 Å². The van der Waals surface area contributed by atoms with Crippen LogP contribution in [-0.2, 0) is 13.2 Å². The van der Waals surface area contributed by atoms with E-state index in [1.54, 1.807) is 11.6 Å². The van der Waals surface area contributed by atoms with Crippen LogP contribution < -0.4 is 5.32 Å². The van der Waals surface area contributed by atoms with Gasteiger partial charge in [-0.3, -0.25) is 0 Å². The van der Waals surface area contributed by atoms with Crippen LogP contribution >= 0.6 is 11.3 Å². The normalized spacial score (nSPS) is 10.9. The summed E-state index contributed by atoms with van der Waals surface area (Å²) in [6, 6.07) is 10.8. The van der Waals surface area contributed by atoms with Gasteiger partial charge in [-0.25, -0.2) is 9.37 Å². The fourth-order valence-electron chi connectivity index (χ4n) is 1.97. The molecule has 0 bridgehead atoms. The van der Waals surface area contributed by atoms with Crippen LogP contribution in [0, 0.1) is 5.82 Å². The molecule has 0 aliphatic rings. The molecule has 20 heavy (non-hydrogen) atoms. The summed E-state index contributed by atoms with van der Waals surface area (Å²) >= 11 is 1.49. The standard InChI is InChI=1S/C15H13FN2OS/c16-12-5-14-15(20-9-18-14)6-13(12)17-7-10-1-3-11(8-19)4-2-10/h1-6,9,17,19H,7-8H2. The van der Waals surface area contributed by atoms with E-state index in [-0.39, 0.29) is 12.4 Å². The summed E-state index contributed by atoms with van der Waals surface area (Å²) in [7, 11) is 0. The van der Waals surface area contributed by atoms with Crippen LogP contribution in [0.2, 0.25) is 0 Å². The van der Waals surface area contributed by atoms with Gasteiger partial charge in [0, 0.05) is 12.6 Å². The van der Waals surface area contributed by atoms with E-state index in [4.69, 9.17) is 5.11 Å². The fourth-order valence-corrected chi connectivity index (χ4v) is 2.67. The minimum absolute atomic E-state index is 0.0321. The van der Waals surface area contributed by atoms with Crippen LogP contribution in [0.4, 0.5) is 10.1 Å². The molecule has 3 aromatic rings. The Kier molecular flexibility index (Phi) is 3.62. The number of thiazole rings is 1. The number of benzene rings is 2. The molecule has 0 saturated heterocycles. The molecule has 0 fully saturated rings. The van der Waals surface area contributed by atoms with Crippen molar-refractivity contribution in [2.45, 2.75) is 13.2 Å². The molecule has 0 radical (unpaired) electrons. The molecule has 0 amide bonds. The average Bonchev–Trinajstić information content (AvgIpc) is 2.92. The van der Waals surface area contributed by atoms with Crippen LogP contribution in [0.5, 0.6) is 0 Å². The third kappa shape index (κ3) is 2.64. The molecule has 3 rings (SSSR count). The van der Waals surface area contributed by atoms with Crippen LogP contribution in [0.25, 0.3) is 10.2 Å². The van der Waals surface area contributed by atoms with Crippen molar-refractivity contribution in [1.29, 1.82) is 0 Å². The Morgan fingerprint density at radius 3 is 2.65 bits per heavy atom. The van der Waals surface area contributed by atoms with Gasteiger partial charge < -0.3 is 10.4 Å². The van der Waals surface area contributed by atoms with Gasteiger partial charge in [-0.1, -0.05) is 24.3 Å². The SMILES string of the molecule is OCc1ccc(CNc2cc3scnc3cc2F)cc1. The lowest BCUT2D eigenvalue weighted by Crippen LogP contribution is -2.01. The molecule has 5 heteroatoms. The van der Waals surface area contributed by atoms with Crippen LogP contribution in [0.1, 0.15) is 11.1 Å². The molecule has 2 aromatic carbocycles. The average molecular weight is 288 g/mol. The van der Waals surface area contributed by atoms with E-state index in [1.165, 1.54) is 17.4 Å². The number of aromatic nitrogens is 1. The first-order valence-electron chi connectivity index (χ1n) is 6.21. The van der Waals surface area contributed by atoms with Gasteiger partial charge >= 0.3 is 0 Å². The Morgan fingerprint density at radius 1 is 1.15 bits per heavy atom. The van der Waals surface area contributed by atoms with Crippen molar-refractivity contribution in [2.24, 2.45) is 0 Å². The molecule has 2 N–H and O–H groups in total. The van der Waals surface area contributed by atoms with Gasteiger partial charge in [0.25, 0.3) is 0 Å². The molecule has 0 saturated carbocycles. The van der Waals surface area contributed by atoms with Crippen molar-refractivity contribution in [1.82, 2.24) is 4.98 Å². The van der Waals surface area contributed by atoms with E-state index in [0.29, 0.717) is 17.7 Å². The molecule has 1 aromatic heterocycles. The molecular weight excluding hydrogens is 275 g/mol. The second-order valence-electron chi connectivity index (χ2n) is 4.48. The van der Waals surface area contributed by atoms with Crippen molar-refractivity contribution in [2.75, 3.05) is 5.32 Å². The topological polar surface area (TPSA) is 45.1 Å². The number of aliphatic hydroxyl groups is 1. The smallest absolute Gasteiger partial charge is 0.148 e. The minimum Gasteiger partial charge on any atom is -0.392 e. The van der Waals surface area contributed by atoms with E-state index >= 15 is 0 Å². The van der Waals surface area contributed by atoms with Gasteiger partial charge in [0.1, 0.15) is 5.82 Å². The Hall–Kier alpha value is -1.98. The highest BCUT2D eigenvalue weighted by Gasteiger charge is 2.06. The zero-order valence-corrected chi connectivity index (χ0v) is 11.5. The maximum absolute atomic E-state index is 13.9. The lowest BCUT2D eigenvalue weighted by Gasteiger charge is -2.08. The molecule has 3 nitrogen and oxygen atoms in total. The van der Waals surface area contributed by atoms with Gasteiger partial charge in [0.15, 0.2) is 0 Å². The number of nitrogens with zero attached hydrogens (tertiary/aromatic N) is 1. The van der Waals surface area contributed by atoms with Crippen molar-refractivity contribution in [3.05, 3.63) is 58.9 Å². The summed E-state index contributed by atoms with van der Waals surface area (Å²) < 4.78 is 14.9. The van der Waals surface area contributed by atoms with Gasteiger partial charge in [-0.15, -0.1) is 11.3 Å². The Bertz CT molecular complexity index is 724. The summed E-state index contributed by atoms with van der Waals surface area (Å²) in [5, 5.41) is 12.1. The lowest BCUT2D eigenvalue weighted by molar-refractivity contribution is 0.282. The third-order valence-electron chi connectivity index (χ3n) is 3.11. The highest BCUT2D eigenvalue weighted by Crippen LogP contribution is 2.25. The van der Waals surface area contributed by atoms with Crippen molar-refractivity contribution in [3.63, 3.8) is 0 Å². The number of fused-ring (bicyclic) bond motifs is 1. The van der Waals surface area contributed by atoms with Crippen LogP contribution in [-0.4, -0.2) is 10.1 Å². The molecule has 1 heterocycles. The quantitative estimate of drug-likeness (QED) is 0.772. The number of hydrogen-bond acceptors (Lipinski definition) is 4. The largest absolute Gasteiger partial charge is 0.392 e. The van der Waals surface area contributed by atoms with Gasteiger partial charge in [-0.05, 0) is 17.2 Å². The lowest BCUT2D eigenvalue weighted by atomic mass is 10.1. The summed E-state index contributed by atoms with van der Waals surface area (Å²) in [6.45, 7) is 0.567. The molecule has 0 aliphatic heterocycles. The van der Waals surface area contributed by atoms with E-state index in [9.17, 15) is 4.39 Å². The zero-order valence-electron chi connectivity index (χ0n) is 10.6. The predicted molar refractivity (Wildman–Crippen MR) is 79.3 cm³/mol. The minimum atomic E-state index is -0.296. The second-order valence-corrected chi connectivity index (χ2v) is 5.37. The molecule has 0 unspecified atom stereocenters. The summed E-state index contributed by atoms with van der Waals surface area (Å²) in [5.74, 6) is -0.296. The van der Waals surface area contributed by atoms with Crippen LogP contribution in [0.15, 0.2) is 41.9 Å². The summed E-state index contributed by atoms with van der Waals surface area (Å²) in [4.78, 5) is 4.09. The number of rotatable bonds is 4. The van der Waals surface area contributed by atoms with Crippen LogP contribution in [0.3, 0.4) is 0 Å². The number of halogens is 1. The maximum atomic E-state index is 13.9. The second kappa shape index (κ2) is 5.56. The summed E-state index contributed by atoms with van der Waals surface area (Å²) in [5.41, 5.74) is 4.77. The number of aliphatic hydroxyl groups excluding tert-OH is 1. The summed E-state index contributed by atoms with van der Waals surface area (Å²) in [6.07, 6.45) is 0. The monoisotopic (exact) mass is 288 g/mol. The first kappa shape index (κ1) is 13.0. The highest BCUT2D eigenvalue weighted by atomic mass is 32.1. The van der Waals surface area contributed by atoms with E-state index < -0.39 is 0 Å². The molecular formula is C15H13FN2OS. The fraction of sp³-hybridized carbons (Fsp3) is 0.133. The van der Waals surface area contributed by atoms with Crippen molar-refractivity contribution in [3.8, 4) is 0 Å². The zero-order chi connectivity index (χ0) is 13.9.